The van der Waals surface area contributed by atoms with Gasteiger partial charge in [0.15, 0.2) is 5.69 Å². The normalized spacial score (nSPS) is 17.8. The number of fused-ring (bicyclic) bond motifs is 1. The maximum absolute atomic E-state index is 13.3. The van der Waals surface area contributed by atoms with Crippen molar-refractivity contribution in [3.63, 3.8) is 0 Å². The van der Waals surface area contributed by atoms with Gasteiger partial charge >= 0.3 is 0 Å². The van der Waals surface area contributed by atoms with E-state index in [1.165, 1.54) is 0 Å². The number of hydrogen-bond acceptors (Lipinski definition) is 3. The van der Waals surface area contributed by atoms with Gasteiger partial charge in [-0.1, -0.05) is 30.3 Å². The summed E-state index contributed by atoms with van der Waals surface area (Å²) in [6.45, 7) is 0.527. The van der Waals surface area contributed by atoms with Crippen LogP contribution in [0.4, 0.5) is 0 Å². The van der Waals surface area contributed by atoms with Gasteiger partial charge in [-0.15, -0.1) is 0 Å². The Labute approximate surface area is 148 Å². The van der Waals surface area contributed by atoms with E-state index in [1.54, 1.807) is 0 Å². The van der Waals surface area contributed by atoms with Gasteiger partial charge in [-0.3, -0.25) is 9.89 Å². The van der Waals surface area contributed by atoms with Gasteiger partial charge in [-0.2, -0.15) is 5.10 Å². The SMILES string of the molecule is O=C(c1n[nH]c2c1CCCC2)N(Cc1ccccc1)C(CO)C1CC1. The Morgan fingerprint density at radius 1 is 1.24 bits per heavy atom. The van der Waals surface area contributed by atoms with Crippen molar-refractivity contribution >= 4 is 5.91 Å². The van der Waals surface area contributed by atoms with Crippen LogP contribution in [0.25, 0.3) is 0 Å². The number of aromatic amines is 1. The average Bonchev–Trinajstić information content (AvgIpc) is 3.40. The molecule has 25 heavy (non-hydrogen) atoms. The van der Waals surface area contributed by atoms with Crippen LogP contribution in [-0.2, 0) is 19.4 Å². The van der Waals surface area contributed by atoms with Gasteiger partial charge in [0.05, 0.1) is 12.6 Å². The molecule has 5 heteroatoms. The van der Waals surface area contributed by atoms with Crippen LogP contribution in [0, 0.1) is 5.92 Å². The lowest BCUT2D eigenvalue weighted by atomic mass is 9.95. The first-order valence-corrected chi connectivity index (χ1v) is 9.30. The molecular formula is C20H25N3O2. The minimum Gasteiger partial charge on any atom is -0.394 e. The Bertz CT molecular complexity index is 737. The maximum Gasteiger partial charge on any atom is 0.275 e. The third-order valence-electron chi connectivity index (χ3n) is 5.47. The number of amides is 1. The topological polar surface area (TPSA) is 69.2 Å². The highest BCUT2D eigenvalue weighted by Gasteiger charge is 2.38. The van der Waals surface area contributed by atoms with E-state index in [1.807, 2.05) is 35.2 Å². The summed E-state index contributed by atoms with van der Waals surface area (Å²) >= 11 is 0. The molecule has 1 atom stereocenters. The van der Waals surface area contributed by atoms with Crippen molar-refractivity contribution in [1.82, 2.24) is 15.1 Å². The van der Waals surface area contributed by atoms with E-state index < -0.39 is 0 Å². The number of benzene rings is 1. The van der Waals surface area contributed by atoms with Crippen molar-refractivity contribution < 1.29 is 9.90 Å². The Hall–Kier alpha value is -2.14. The highest BCUT2D eigenvalue weighted by atomic mass is 16.3. The summed E-state index contributed by atoms with van der Waals surface area (Å²) in [6, 6.07) is 9.88. The van der Waals surface area contributed by atoms with Gasteiger partial charge in [-0.05, 0) is 50.0 Å². The van der Waals surface area contributed by atoms with Gasteiger partial charge in [0.25, 0.3) is 5.91 Å². The zero-order chi connectivity index (χ0) is 17.2. The summed E-state index contributed by atoms with van der Waals surface area (Å²) in [5.74, 6) is 0.363. The van der Waals surface area contributed by atoms with Crippen LogP contribution in [-0.4, -0.2) is 38.8 Å². The number of aliphatic hydroxyl groups excluding tert-OH is 1. The van der Waals surface area contributed by atoms with Gasteiger partial charge in [-0.25, -0.2) is 0 Å². The van der Waals surface area contributed by atoms with Gasteiger partial charge in [0.2, 0.25) is 0 Å². The van der Waals surface area contributed by atoms with Crippen molar-refractivity contribution in [2.75, 3.05) is 6.61 Å². The lowest BCUT2D eigenvalue weighted by Crippen LogP contribution is -2.44. The number of H-pyrrole nitrogens is 1. The third kappa shape index (κ3) is 3.33. The summed E-state index contributed by atoms with van der Waals surface area (Å²) in [4.78, 5) is 15.2. The van der Waals surface area contributed by atoms with Crippen molar-refractivity contribution in [2.45, 2.75) is 51.1 Å². The average molecular weight is 339 g/mol. The second-order valence-electron chi connectivity index (χ2n) is 7.24. The van der Waals surface area contributed by atoms with Crippen LogP contribution in [0.15, 0.2) is 30.3 Å². The number of nitrogens with one attached hydrogen (secondary N) is 1. The maximum atomic E-state index is 13.3. The van der Waals surface area contributed by atoms with Crippen LogP contribution < -0.4 is 0 Å². The van der Waals surface area contributed by atoms with E-state index >= 15 is 0 Å². The number of carbonyl (C=O) groups excluding carboxylic acids is 1. The minimum atomic E-state index is -0.122. The lowest BCUT2D eigenvalue weighted by Gasteiger charge is -2.31. The fourth-order valence-corrected chi connectivity index (χ4v) is 3.90. The summed E-state index contributed by atoms with van der Waals surface area (Å²) < 4.78 is 0. The molecule has 1 aromatic carbocycles. The molecule has 5 nitrogen and oxygen atoms in total. The number of nitrogens with zero attached hydrogens (tertiary/aromatic N) is 2. The monoisotopic (exact) mass is 339 g/mol. The Morgan fingerprint density at radius 3 is 2.72 bits per heavy atom. The van der Waals surface area contributed by atoms with Crippen LogP contribution in [0.3, 0.4) is 0 Å². The molecule has 1 amide bonds. The zero-order valence-corrected chi connectivity index (χ0v) is 14.4. The van der Waals surface area contributed by atoms with Crippen molar-refractivity contribution in [3.8, 4) is 0 Å². The van der Waals surface area contributed by atoms with Gasteiger partial charge in [0, 0.05) is 17.8 Å². The molecular weight excluding hydrogens is 314 g/mol. The van der Waals surface area contributed by atoms with E-state index in [4.69, 9.17) is 0 Å². The smallest absolute Gasteiger partial charge is 0.275 e. The summed E-state index contributed by atoms with van der Waals surface area (Å²) in [7, 11) is 0. The molecule has 1 aromatic heterocycles. The number of aliphatic hydroxyl groups is 1. The fourth-order valence-electron chi connectivity index (χ4n) is 3.90. The molecule has 0 bridgehead atoms. The Balaban J connectivity index is 1.64. The quantitative estimate of drug-likeness (QED) is 0.850. The van der Waals surface area contributed by atoms with E-state index in [9.17, 15) is 9.90 Å². The number of carbonyl (C=O) groups is 1. The molecule has 1 fully saturated rings. The molecule has 1 saturated carbocycles. The first-order chi connectivity index (χ1) is 12.3. The number of aromatic nitrogens is 2. The molecule has 2 aliphatic carbocycles. The molecule has 2 N–H and O–H groups in total. The number of aryl methyl sites for hydroxylation is 1. The van der Waals surface area contributed by atoms with E-state index in [2.05, 4.69) is 10.2 Å². The molecule has 2 aliphatic rings. The Kier molecular flexibility index (Phi) is 4.57. The van der Waals surface area contributed by atoms with Crippen LogP contribution in [0.5, 0.6) is 0 Å². The second-order valence-corrected chi connectivity index (χ2v) is 7.24. The largest absolute Gasteiger partial charge is 0.394 e. The highest BCUT2D eigenvalue weighted by molar-refractivity contribution is 5.94. The standard InChI is InChI=1S/C20H25N3O2/c24-13-18(15-10-11-15)23(12-14-6-2-1-3-7-14)20(25)19-16-8-4-5-9-17(16)21-22-19/h1-3,6-7,15,18,24H,4-5,8-13H2,(H,21,22). The third-order valence-corrected chi connectivity index (χ3v) is 5.47. The van der Waals surface area contributed by atoms with E-state index in [0.717, 1.165) is 55.3 Å². The molecule has 0 radical (unpaired) electrons. The predicted octanol–water partition coefficient (Wildman–Crippen LogP) is 2.70. The molecule has 0 spiro atoms. The molecule has 2 aromatic rings. The van der Waals surface area contributed by atoms with Crippen molar-refractivity contribution in [2.24, 2.45) is 5.92 Å². The lowest BCUT2D eigenvalue weighted by molar-refractivity contribution is 0.0524. The molecule has 0 aliphatic heterocycles. The second kappa shape index (κ2) is 7.00. The van der Waals surface area contributed by atoms with Crippen LogP contribution >= 0.6 is 0 Å². The molecule has 4 rings (SSSR count). The van der Waals surface area contributed by atoms with Gasteiger partial charge < -0.3 is 10.0 Å². The van der Waals surface area contributed by atoms with Crippen LogP contribution in [0.1, 0.15) is 53.0 Å². The first-order valence-electron chi connectivity index (χ1n) is 9.30. The number of rotatable bonds is 6. The molecule has 1 unspecified atom stereocenters. The molecule has 132 valence electrons. The summed E-state index contributed by atoms with van der Waals surface area (Å²) in [6.07, 6.45) is 6.32. The summed E-state index contributed by atoms with van der Waals surface area (Å²) in [5, 5.41) is 17.4. The molecule has 1 heterocycles. The number of hydrogen-bond donors (Lipinski definition) is 2. The van der Waals surface area contributed by atoms with Crippen molar-refractivity contribution in [3.05, 3.63) is 52.8 Å². The minimum absolute atomic E-state index is 0.00978. The first kappa shape index (κ1) is 16.3. The van der Waals surface area contributed by atoms with Crippen LogP contribution in [0.2, 0.25) is 0 Å². The van der Waals surface area contributed by atoms with E-state index in [-0.39, 0.29) is 18.6 Å². The molecule has 0 saturated heterocycles. The van der Waals surface area contributed by atoms with Gasteiger partial charge in [0.1, 0.15) is 0 Å². The fraction of sp³-hybridized carbons (Fsp3) is 0.500. The zero-order valence-electron chi connectivity index (χ0n) is 14.4. The van der Waals surface area contributed by atoms with E-state index in [0.29, 0.717) is 18.2 Å². The van der Waals surface area contributed by atoms with Crippen molar-refractivity contribution in [1.29, 1.82) is 0 Å². The highest BCUT2D eigenvalue weighted by Crippen LogP contribution is 2.36. The Morgan fingerprint density at radius 2 is 2.00 bits per heavy atom. The predicted molar refractivity (Wildman–Crippen MR) is 95.1 cm³/mol. The summed E-state index contributed by atoms with van der Waals surface area (Å²) in [5.41, 5.74) is 3.84.